The van der Waals surface area contributed by atoms with E-state index in [0.29, 0.717) is 17.4 Å². The first-order valence-corrected chi connectivity index (χ1v) is 34.5. The Morgan fingerprint density at radius 3 is 1.00 bits per heavy atom. The van der Waals surface area contributed by atoms with E-state index in [-0.39, 0.29) is 32.0 Å². The zero-order valence-corrected chi connectivity index (χ0v) is 53.4. The van der Waals surface area contributed by atoms with Gasteiger partial charge in [-0.05, 0) is 89.9 Å². The summed E-state index contributed by atoms with van der Waals surface area (Å²) in [6, 6.07) is 0. The zero-order chi connectivity index (χ0) is 58.4. The van der Waals surface area contributed by atoms with Crippen LogP contribution in [0.25, 0.3) is 0 Å². The minimum Gasteiger partial charge on any atom is -0.462 e. The van der Waals surface area contributed by atoms with E-state index in [4.69, 9.17) is 18.5 Å². The number of rotatable bonds is 60. The van der Waals surface area contributed by atoms with E-state index in [9.17, 15) is 19.0 Å². The molecular weight excluding hydrogens is 1010 g/mol. The van der Waals surface area contributed by atoms with Crippen molar-refractivity contribution in [2.45, 2.75) is 290 Å². The Morgan fingerprint density at radius 2 is 0.675 bits per heavy atom. The molecule has 0 aromatic rings. The molecule has 2 atom stereocenters. The Hall–Kier alpha value is -3.07. The van der Waals surface area contributed by atoms with Gasteiger partial charge in [0.25, 0.3) is 0 Å². The Morgan fingerprint density at radius 1 is 0.388 bits per heavy atom. The molecule has 2 unspecified atom stereocenters. The summed E-state index contributed by atoms with van der Waals surface area (Å²) in [7, 11) is 1.47. The molecule has 462 valence electrons. The number of phosphoric acid groups is 1. The average Bonchev–Trinajstić information content (AvgIpc) is 3.42. The van der Waals surface area contributed by atoms with Gasteiger partial charge in [-0.15, -0.1) is 0 Å². The van der Waals surface area contributed by atoms with Gasteiger partial charge in [0.2, 0.25) is 0 Å². The number of unbranched alkanes of at least 4 members (excludes halogenated alkanes) is 30. The molecule has 0 rings (SSSR count). The molecule has 0 spiro atoms. The number of phosphoric ester groups is 1. The van der Waals surface area contributed by atoms with Gasteiger partial charge in [0.1, 0.15) is 19.8 Å². The zero-order valence-electron chi connectivity index (χ0n) is 52.5. The summed E-state index contributed by atoms with van der Waals surface area (Å²) in [5.74, 6) is -0.807. The Balaban J connectivity index is 3.99. The number of hydrogen-bond donors (Lipinski definition) is 1. The second-order valence-corrected chi connectivity index (χ2v) is 24.5. The monoisotopic (exact) mass is 1140 g/mol. The summed E-state index contributed by atoms with van der Waals surface area (Å²) in [5, 5.41) is 0. The molecule has 0 aliphatic carbocycles. The smallest absolute Gasteiger partial charge is 0.462 e. The third-order valence-corrected chi connectivity index (χ3v) is 15.1. The van der Waals surface area contributed by atoms with Gasteiger partial charge in [-0.25, -0.2) is 4.57 Å². The molecule has 0 heterocycles. The van der Waals surface area contributed by atoms with Crippen molar-refractivity contribution in [2.75, 3.05) is 47.5 Å². The topological polar surface area (TPSA) is 108 Å². The number of ether oxygens (including phenoxy) is 2. The van der Waals surface area contributed by atoms with Gasteiger partial charge in [0.05, 0.1) is 27.7 Å². The molecular formula is C70H125NO8P+. The van der Waals surface area contributed by atoms with Crippen molar-refractivity contribution in [2.24, 2.45) is 0 Å². The Labute approximate surface area is 493 Å². The number of allylic oxidation sites excluding steroid dienone is 16. The third kappa shape index (κ3) is 64.1. The van der Waals surface area contributed by atoms with E-state index in [2.05, 4.69) is 111 Å². The lowest BCUT2D eigenvalue weighted by atomic mass is 10.0. The van der Waals surface area contributed by atoms with E-state index < -0.39 is 26.5 Å². The van der Waals surface area contributed by atoms with E-state index in [1.165, 1.54) is 148 Å². The summed E-state index contributed by atoms with van der Waals surface area (Å²) in [4.78, 5) is 35.8. The third-order valence-electron chi connectivity index (χ3n) is 14.1. The average molecular weight is 1140 g/mol. The van der Waals surface area contributed by atoms with Crippen molar-refractivity contribution in [3.63, 3.8) is 0 Å². The van der Waals surface area contributed by atoms with Crippen LogP contribution in [-0.4, -0.2) is 74.9 Å². The SMILES string of the molecule is CC/C=C\C/C=C\C/C=C\C/C=C\CCCCCCCCCCCCCCCCCCCCCCCCCCC(=O)OC(COC(=O)CCCCCCCC/C=C\C/C=C\C/C=C\C/C=C\CC)COP(=O)(O)OCC[N+](C)(C)C. The molecule has 80 heavy (non-hydrogen) atoms. The van der Waals surface area contributed by atoms with Crippen LogP contribution in [0.3, 0.4) is 0 Å². The van der Waals surface area contributed by atoms with E-state index in [0.717, 1.165) is 103 Å². The van der Waals surface area contributed by atoms with Crippen LogP contribution < -0.4 is 0 Å². The summed E-state index contributed by atoms with van der Waals surface area (Å²) < 4.78 is 34.6. The number of likely N-dealkylation sites (N-methyl/N-ethyl adjacent to an activating group) is 1. The second-order valence-electron chi connectivity index (χ2n) is 23.1. The number of hydrogen-bond acceptors (Lipinski definition) is 7. The van der Waals surface area contributed by atoms with Gasteiger partial charge < -0.3 is 18.9 Å². The lowest BCUT2D eigenvalue weighted by Crippen LogP contribution is -2.37. The van der Waals surface area contributed by atoms with E-state index in [1.807, 2.05) is 21.1 Å². The standard InChI is InChI=1S/C70H124NO8P/c1-6-8-10-12-14-16-18-20-22-24-26-27-28-29-30-31-32-33-34-35-36-37-38-39-40-41-42-43-45-47-49-51-53-55-57-59-61-63-70(73)79-68(67-78-80(74,75)77-65-64-71(3,4)5)66-76-69(72)62-60-58-56-54-52-50-48-46-44-25-23-21-19-17-15-13-11-9-7-2/h8-11,14-17,20-23,26-27,44,46,68H,6-7,12-13,18-19,24-25,28-43,45,47-67H2,1-5H3/p+1/b10-8-,11-9-,16-14-,17-15-,22-20-,23-21-,27-26-,46-44-. The highest BCUT2D eigenvalue weighted by Gasteiger charge is 2.27. The first-order valence-electron chi connectivity index (χ1n) is 33.0. The number of nitrogens with zero attached hydrogens (tertiary/aromatic N) is 1. The highest BCUT2D eigenvalue weighted by atomic mass is 31.2. The van der Waals surface area contributed by atoms with E-state index in [1.54, 1.807) is 0 Å². The van der Waals surface area contributed by atoms with Gasteiger partial charge in [0, 0.05) is 12.8 Å². The molecule has 0 aromatic carbocycles. The first-order chi connectivity index (χ1) is 39.0. The molecule has 0 amide bonds. The second kappa shape index (κ2) is 60.5. The van der Waals surface area contributed by atoms with Crippen LogP contribution in [0.2, 0.25) is 0 Å². The van der Waals surface area contributed by atoms with Crippen LogP contribution in [0.15, 0.2) is 97.2 Å². The fraction of sp³-hybridized carbons (Fsp3) is 0.743. The first kappa shape index (κ1) is 76.9. The molecule has 0 aliphatic rings. The summed E-state index contributed by atoms with van der Waals surface area (Å²) >= 11 is 0. The highest BCUT2D eigenvalue weighted by Crippen LogP contribution is 2.43. The van der Waals surface area contributed by atoms with Gasteiger partial charge >= 0.3 is 19.8 Å². The number of quaternary nitrogens is 1. The maximum absolute atomic E-state index is 12.9. The molecule has 0 saturated heterocycles. The van der Waals surface area contributed by atoms with Gasteiger partial charge in [-0.2, -0.15) is 0 Å². The van der Waals surface area contributed by atoms with Crippen LogP contribution in [0.4, 0.5) is 0 Å². The van der Waals surface area contributed by atoms with Crippen molar-refractivity contribution in [3.05, 3.63) is 97.2 Å². The molecule has 10 heteroatoms. The van der Waals surface area contributed by atoms with Crippen molar-refractivity contribution < 1.29 is 42.1 Å². The van der Waals surface area contributed by atoms with Crippen LogP contribution >= 0.6 is 7.82 Å². The molecule has 1 N–H and O–H groups in total. The molecule has 0 aromatic heterocycles. The van der Waals surface area contributed by atoms with Crippen molar-refractivity contribution >= 4 is 19.8 Å². The van der Waals surface area contributed by atoms with Gasteiger partial charge in [-0.3, -0.25) is 18.6 Å². The fourth-order valence-electron chi connectivity index (χ4n) is 9.12. The molecule has 0 bridgehead atoms. The largest absolute Gasteiger partial charge is 0.472 e. The van der Waals surface area contributed by atoms with E-state index >= 15 is 0 Å². The predicted octanol–water partition coefficient (Wildman–Crippen LogP) is 21.2. The minimum absolute atomic E-state index is 0.0270. The van der Waals surface area contributed by atoms with Crippen molar-refractivity contribution in [3.8, 4) is 0 Å². The number of carbonyl (C=O) groups excluding carboxylic acids is 2. The van der Waals surface area contributed by atoms with Gasteiger partial charge in [0.15, 0.2) is 6.10 Å². The predicted molar refractivity (Wildman–Crippen MR) is 344 cm³/mol. The lowest BCUT2D eigenvalue weighted by Gasteiger charge is -2.24. The Bertz CT molecular complexity index is 1670. The normalized spacial score (nSPS) is 13.8. The number of esters is 2. The fourth-order valence-corrected chi connectivity index (χ4v) is 9.86. The minimum atomic E-state index is -4.40. The highest BCUT2D eigenvalue weighted by molar-refractivity contribution is 7.47. The summed E-state index contributed by atoms with van der Waals surface area (Å²) in [6.45, 7) is 4.21. The quantitative estimate of drug-likeness (QED) is 0.0211. The van der Waals surface area contributed by atoms with Crippen molar-refractivity contribution in [1.82, 2.24) is 0 Å². The maximum atomic E-state index is 12.9. The van der Waals surface area contributed by atoms with Crippen LogP contribution in [0.5, 0.6) is 0 Å². The lowest BCUT2D eigenvalue weighted by molar-refractivity contribution is -0.870. The molecule has 0 fully saturated rings. The molecule has 0 aliphatic heterocycles. The van der Waals surface area contributed by atoms with Crippen LogP contribution in [0.1, 0.15) is 284 Å². The maximum Gasteiger partial charge on any atom is 0.472 e. The molecule has 9 nitrogen and oxygen atoms in total. The van der Waals surface area contributed by atoms with Crippen LogP contribution in [-0.2, 0) is 32.7 Å². The Kier molecular flexibility index (Phi) is 58.2. The van der Waals surface area contributed by atoms with Gasteiger partial charge in [-0.1, -0.05) is 278 Å². The van der Waals surface area contributed by atoms with Crippen LogP contribution in [0, 0.1) is 0 Å². The molecule has 0 saturated carbocycles. The van der Waals surface area contributed by atoms with Crippen molar-refractivity contribution in [1.29, 1.82) is 0 Å². The summed E-state index contributed by atoms with van der Waals surface area (Å²) in [6.07, 6.45) is 83.7. The molecule has 0 radical (unpaired) electrons. The summed E-state index contributed by atoms with van der Waals surface area (Å²) in [5.41, 5.74) is 0. The number of carbonyl (C=O) groups is 2.